The topological polar surface area (TPSA) is 63.5 Å². The Morgan fingerprint density at radius 1 is 1.30 bits per heavy atom. The molecule has 9 heteroatoms. The fourth-order valence-corrected chi connectivity index (χ4v) is 3.48. The molecule has 1 aromatic rings. The first-order chi connectivity index (χ1) is 13.0. The van der Waals surface area contributed by atoms with Crippen LogP contribution in [0.3, 0.4) is 0 Å². The Kier molecular flexibility index (Phi) is 4.73. The molecule has 142 valence electrons. The van der Waals surface area contributed by atoms with Gasteiger partial charge in [0.15, 0.2) is 0 Å². The van der Waals surface area contributed by atoms with Crippen LogP contribution in [0.1, 0.15) is 6.92 Å². The minimum absolute atomic E-state index is 0.125. The summed E-state index contributed by atoms with van der Waals surface area (Å²) < 4.78 is 13.9. The summed E-state index contributed by atoms with van der Waals surface area (Å²) in [7, 11) is 0. The Bertz CT molecular complexity index is 846. The van der Waals surface area contributed by atoms with Gasteiger partial charge in [0, 0.05) is 43.8 Å². The monoisotopic (exact) mass is 390 g/mol. The molecule has 1 N–H and O–H groups in total. The van der Waals surface area contributed by atoms with Crippen LogP contribution in [0.5, 0.6) is 0 Å². The van der Waals surface area contributed by atoms with Crippen molar-refractivity contribution in [1.82, 2.24) is 14.7 Å². The van der Waals surface area contributed by atoms with Gasteiger partial charge >= 0.3 is 6.03 Å². The van der Waals surface area contributed by atoms with Gasteiger partial charge in [-0.3, -0.25) is 4.99 Å². The lowest BCUT2D eigenvalue weighted by atomic mass is 10.3. The van der Waals surface area contributed by atoms with E-state index in [9.17, 15) is 9.18 Å². The molecule has 0 aromatic heterocycles. The molecule has 3 heterocycles. The standard InChI is InChI=1S/C18H20ClFN6O/c1-12-10-26-11-21-16(9-17(26)22-12)24-4-6-25(7-5-24)18(27)23-15-3-2-13(19)8-14(15)20/h2-3,8-9,11-12H,4-7,10H2,1H3,(H,23,27). The molecule has 27 heavy (non-hydrogen) atoms. The number of nitrogens with one attached hydrogen (secondary N) is 1. The zero-order valence-electron chi connectivity index (χ0n) is 14.9. The highest BCUT2D eigenvalue weighted by Gasteiger charge is 2.27. The quantitative estimate of drug-likeness (QED) is 0.844. The minimum Gasteiger partial charge on any atom is -0.353 e. The molecule has 0 radical (unpaired) electrons. The van der Waals surface area contributed by atoms with Crippen LogP contribution in [-0.2, 0) is 0 Å². The molecule has 0 saturated carbocycles. The summed E-state index contributed by atoms with van der Waals surface area (Å²) >= 11 is 5.74. The number of amides is 2. The van der Waals surface area contributed by atoms with E-state index in [-0.39, 0.29) is 17.8 Å². The molecular formula is C18H20ClFN6O. The zero-order valence-corrected chi connectivity index (χ0v) is 15.7. The number of rotatable bonds is 2. The summed E-state index contributed by atoms with van der Waals surface area (Å²) in [4.78, 5) is 27.3. The van der Waals surface area contributed by atoms with Crippen LogP contribution in [0.2, 0.25) is 5.02 Å². The van der Waals surface area contributed by atoms with Crippen molar-refractivity contribution in [3.8, 4) is 0 Å². The van der Waals surface area contributed by atoms with E-state index >= 15 is 0 Å². The second-order valence-electron chi connectivity index (χ2n) is 6.76. The predicted octanol–water partition coefficient (Wildman–Crippen LogP) is 2.61. The molecule has 1 unspecified atom stereocenters. The fraction of sp³-hybridized carbons (Fsp3) is 0.389. The van der Waals surface area contributed by atoms with Crippen LogP contribution in [-0.4, -0.2) is 71.7 Å². The van der Waals surface area contributed by atoms with Gasteiger partial charge in [-0.2, -0.15) is 0 Å². The number of halogens is 2. The third kappa shape index (κ3) is 3.75. The molecule has 7 nitrogen and oxygen atoms in total. The highest BCUT2D eigenvalue weighted by Crippen LogP contribution is 2.21. The van der Waals surface area contributed by atoms with E-state index in [1.54, 1.807) is 11.0 Å². The number of fused-ring (bicyclic) bond motifs is 1. The second kappa shape index (κ2) is 7.19. The molecule has 1 aromatic carbocycles. The van der Waals surface area contributed by atoms with E-state index in [0.717, 1.165) is 18.2 Å². The zero-order chi connectivity index (χ0) is 19.0. The average molecular weight is 391 g/mol. The van der Waals surface area contributed by atoms with Crippen LogP contribution < -0.4 is 5.32 Å². The lowest BCUT2D eigenvalue weighted by molar-refractivity contribution is 0.166. The van der Waals surface area contributed by atoms with Gasteiger partial charge in [0.05, 0.1) is 18.1 Å². The van der Waals surface area contributed by atoms with E-state index in [0.29, 0.717) is 31.2 Å². The minimum atomic E-state index is -0.549. The van der Waals surface area contributed by atoms with E-state index in [1.807, 2.05) is 17.3 Å². The summed E-state index contributed by atoms with van der Waals surface area (Å²) in [6.45, 7) is 5.30. The van der Waals surface area contributed by atoms with Gasteiger partial charge in [0.25, 0.3) is 0 Å². The molecule has 2 amide bonds. The average Bonchev–Trinajstić information content (AvgIpc) is 3.03. The summed E-state index contributed by atoms with van der Waals surface area (Å²) in [6, 6.07) is 4.14. The Morgan fingerprint density at radius 2 is 2.07 bits per heavy atom. The third-order valence-electron chi connectivity index (χ3n) is 4.76. The molecular weight excluding hydrogens is 371 g/mol. The summed E-state index contributed by atoms with van der Waals surface area (Å²) in [5, 5.41) is 2.89. The highest BCUT2D eigenvalue weighted by atomic mass is 35.5. The number of carbonyl (C=O) groups excluding carboxylic acids is 1. The number of carbonyl (C=O) groups is 1. The van der Waals surface area contributed by atoms with E-state index in [1.165, 1.54) is 12.1 Å². The molecule has 1 atom stereocenters. The van der Waals surface area contributed by atoms with E-state index in [4.69, 9.17) is 11.6 Å². The lowest BCUT2D eigenvalue weighted by Gasteiger charge is -2.36. The maximum atomic E-state index is 13.9. The normalized spacial score (nSPS) is 21.7. The van der Waals surface area contributed by atoms with Gasteiger partial charge in [-0.05, 0) is 25.1 Å². The van der Waals surface area contributed by atoms with Crippen LogP contribution in [0.4, 0.5) is 14.9 Å². The molecule has 1 fully saturated rings. The number of nitrogens with zero attached hydrogens (tertiary/aromatic N) is 5. The van der Waals surface area contributed by atoms with Crippen molar-refractivity contribution in [2.24, 2.45) is 9.98 Å². The molecule has 0 aliphatic carbocycles. The molecule has 0 spiro atoms. The van der Waals surface area contributed by atoms with Crippen molar-refractivity contribution in [2.45, 2.75) is 13.0 Å². The maximum Gasteiger partial charge on any atom is 0.322 e. The molecule has 3 aliphatic rings. The van der Waals surface area contributed by atoms with Crippen molar-refractivity contribution < 1.29 is 9.18 Å². The van der Waals surface area contributed by atoms with Crippen LogP contribution >= 0.6 is 11.6 Å². The fourth-order valence-electron chi connectivity index (χ4n) is 3.32. The third-order valence-corrected chi connectivity index (χ3v) is 4.99. The lowest BCUT2D eigenvalue weighted by Crippen LogP contribution is -2.50. The first-order valence-electron chi connectivity index (χ1n) is 8.86. The van der Waals surface area contributed by atoms with Crippen LogP contribution in [0.25, 0.3) is 0 Å². The van der Waals surface area contributed by atoms with Crippen molar-refractivity contribution in [3.63, 3.8) is 0 Å². The summed E-state index contributed by atoms with van der Waals surface area (Å²) in [6.07, 6.45) is 3.81. The molecule has 4 rings (SSSR count). The number of piperazine rings is 1. The maximum absolute atomic E-state index is 13.9. The van der Waals surface area contributed by atoms with Gasteiger partial charge in [-0.15, -0.1) is 0 Å². The number of aliphatic imine (C=N–C) groups is 2. The number of benzene rings is 1. The number of hydrogen-bond donors (Lipinski definition) is 1. The van der Waals surface area contributed by atoms with E-state index < -0.39 is 5.82 Å². The highest BCUT2D eigenvalue weighted by molar-refractivity contribution is 6.30. The van der Waals surface area contributed by atoms with Gasteiger partial charge in [0.1, 0.15) is 17.5 Å². The smallest absolute Gasteiger partial charge is 0.322 e. The number of urea groups is 1. The Morgan fingerprint density at radius 3 is 2.81 bits per heavy atom. The van der Waals surface area contributed by atoms with E-state index in [2.05, 4.69) is 27.1 Å². The summed E-state index contributed by atoms with van der Waals surface area (Å²) in [5.74, 6) is 1.25. The Hall–Kier alpha value is -2.61. The molecule has 0 bridgehead atoms. The number of amidine groups is 1. The first kappa shape index (κ1) is 17.8. The summed E-state index contributed by atoms with van der Waals surface area (Å²) in [5.41, 5.74) is 0.125. The van der Waals surface area contributed by atoms with Crippen molar-refractivity contribution in [1.29, 1.82) is 0 Å². The van der Waals surface area contributed by atoms with Crippen molar-refractivity contribution >= 4 is 35.5 Å². The second-order valence-corrected chi connectivity index (χ2v) is 7.20. The number of hydrogen-bond acceptors (Lipinski definition) is 5. The molecule has 1 saturated heterocycles. The van der Waals surface area contributed by atoms with Gasteiger partial charge in [0.2, 0.25) is 0 Å². The van der Waals surface area contributed by atoms with Crippen molar-refractivity contribution in [3.05, 3.63) is 40.9 Å². The predicted molar refractivity (Wildman–Crippen MR) is 104 cm³/mol. The van der Waals surface area contributed by atoms with Gasteiger partial charge in [-0.25, -0.2) is 14.2 Å². The van der Waals surface area contributed by atoms with Crippen LogP contribution in [0, 0.1) is 5.82 Å². The largest absolute Gasteiger partial charge is 0.353 e. The molecule has 3 aliphatic heterocycles. The first-order valence-corrected chi connectivity index (χ1v) is 9.23. The Balaban J connectivity index is 1.35. The van der Waals surface area contributed by atoms with Crippen molar-refractivity contribution in [2.75, 3.05) is 38.0 Å². The SMILES string of the molecule is CC1CN2C=NC(N3CCN(C(=O)Nc4ccc(Cl)cc4F)CC3)=CC2=N1. The van der Waals surface area contributed by atoms with Crippen LogP contribution in [0.15, 0.2) is 40.1 Å². The Labute approximate surface area is 161 Å². The van der Waals surface area contributed by atoms with Gasteiger partial charge < -0.3 is 20.0 Å². The van der Waals surface area contributed by atoms with Gasteiger partial charge in [-0.1, -0.05) is 11.6 Å². The number of anilines is 1.